The van der Waals surface area contributed by atoms with Gasteiger partial charge in [0.2, 0.25) is 0 Å². The molecule has 1 aliphatic carbocycles. The molecule has 2 atom stereocenters. The van der Waals surface area contributed by atoms with Gasteiger partial charge >= 0.3 is 6.03 Å². The Labute approximate surface area is 150 Å². The van der Waals surface area contributed by atoms with Crippen LogP contribution in [0.2, 0.25) is 0 Å². The monoisotopic (exact) mass is 343 g/mol. The van der Waals surface area contributed by atoms with Gasteiger partial charge in [-0.15, -0.1) is 0 Å². The molecular formula is C20H29N3O2. The maximum Gasteiger partial charge on any atom is 0.326 e. The van der Waals surface area contributed by atoms with Crippen molar-refractivity contribution in [2.45, 2.75) is 52.1 Å². The molecule has 1 spiro atoms. The zero-order valence-electron chi connectivity index (χ0n) is 15.7. The minimum absolute atomic E-state index is 0.0482. The van der Waals surface area contributed by atoms with E-state index in [4.69, 9.17) is 0 Å². The van der Waals surface area contributed by atoms with Crippen molar-refractivity contribution in [2.24, 2.45) is 11.8 Å². The van der Waals surface area contributed by atoms with Gasteiger partial charge in [0.1, 0.15) is 5.54 Å². The number of imide groups is 1. The van der Waals surface area contributed by atoms with Crippen LogP contribution in [0.5, 0.6) is 0 Å². The fourth-order valence-electron chi connectivity index (χ4n) is 4.38. The Hall–Kier alpha value is -1.88. The van der Waals surface area contributed by atoms with E-state index in [2.05, 4.69) is 50.4 Å². The molecule has 2 aliphatic rings. The van der Waals surface area contributed by atoms with Gasteiger partial charge in [-0.1, -0.05) is 50.1 Å². The summed E-state index contributed by atoms with van der Waals surface area (Å²) in [7, 11) is 1.94. The van der Waals surface area contributed by atoms with E-state index in [1.807, 2.05) is 11.9 Å². The number of hydrogen-bond donors (Lipinski definition) is 1. The number of benzene rings is 1. The van der Waals surface area contributed by atoms with E-state index in [0.717, 1.165) is 19.3 Å². The molecule has 5 heteroatoms. The predicted octanol–water partition coefficient (Wildman–Crippen LogP) is 3.13. The highest BCUT2D eigenvalue weighted by Gasteiger charge is 2.58. The van der Waals surface area contributed by atoms with Crippen molar-refractivity contribution in [1.82, 2.24) is 15.1 Å². The fourth-order valence-corrected chi connectivity index (χ4v) is 4.38. The number of hydrogen-bond acceptors (Lipinski definition) is 3. The maximum absolute atomic E-state index is 13.2. The van der Waals surface area contributed by atoms with Gasteiger partial charge in [-0.3, -0.25) is 9.69 Å². The van der Waals surface area contributed by atoms with Crippen molar-refractivity contribution >= 4 is 11.9 Å². The van der Waals surface area contributed by atoms with Crippen molar-refractivity contribution in [3.05, 3.63) is 35.4 Å². The highest BCUT2D eigenvalue weighted by Crippen LogP contribution is 2.42. The molecule has 1 aliphatic heterocycles. The molecule has 2 unspecified atom stereocenters. The molecule has 1 aromatic rings. The Morgan fingerprint density at radius 1 is 1.16 bits per heavy atom. The predicted molar refractivity (Wildman–Crippen MR) is 97.8 cm³/mol. The summed E-state index contributed by atoms with van der Waals surface area (Å²) in [4.78, 5) is 29.1. The topological polar surface area (TPSA) is 52.6 Å². The Morgan fingerprint density at radius 2 is 1.76 bits per heavy atom. The average molecular weight is 343 g/mol. The fraction of sp³-hybridized carbons (Fsp3) is 0.600. The average Bonchev–Trinajstić information content (AvgIpc) is 2.81. The molecule has 3 rings (SSSR count). The Balaban J connectivity index is 1.71. The number of aryl methyl sites for hydroxylation is 1. The summed E-state index contributed by atoms with van der Waals surface area (Å²) in [5.41, 5.74) is 1.69. The lowest BCUT2D eigenvalue weighted by atomic mass is 9.67. The first kappa shape index (κ1) is 17.9. The second-order valence-electron chi connectivity index (χ2n) is 7.91. The van der Waals surface area contributed by atoms with E-state index in [1.54, 1.807) is 0 Å². The molecule has 3 amide bonds. The first-order valence-electron chi connectivity index (χ1n) is 9.22. The first-order chi connectivity index (χ1) is 11.8. The quantitative estimate of drug-likeness (QED) is 0.855. The van der Waals surface area contributed by atoms with Gasteiger partial charge in [0.05, 0.1) is 6.67 Å². The van der Waals surface area contributed by atoms with E-state index in [9.17, 15) is 9.59 Å². The number of urea groups is 1. The molecule has 0 bridgehead atoms. The van der Waals surface area contributed by atoms with Gasteiger partial charge in [0.25, 0.3) is 5.91 Å². The van der Waals surface area contributed by atoms with Crippen LogP contribution in [0.15, 0.2) is 24.3 Å². The minimum atomic E-state index is -0.708. The third kappa shape index (κ3) is 3.17. The van der Waals surface area contributed by atoms with Crippen LogP contribution < -0.4 is 5.32 Å². The van der Waals surface area contributed by atoms with E-state index in [1.165, 1.54) is 16.0 Å². The summed E-state index contributed by atoms with van der Waals surface area (Å²) in [5, 5.41) is 3.06. The number of carbonyl (C=O) groups excluding carboxylic acids is 2. The van der Waals surface area contributed by atoms with E-state index in [0.29, 0.717) is 13.2 Å². The molecule has 1 saturated heterocycles. The van der Waals surface area contributed by atoms with Crippen LogP contribution in [0.1, 0.15) is 44.2 Å². The second-order valence-corrected chi connectivity index (χ2v) is 7.91. The summed E-state index contributed by atoms with van der Waals surface area (Å²) in [5.74, 6) is 0.313. The molecular weight excluding hydrogens is 314 g/mol. The normalized spacial score (nSPS) is 29.6. The van der Waals surface area contributed by atoms with Gasteiger partial charge in [-0.2, -0.15) is 0 Å². The number of amides is 3. The number of nitrogens with one attached hydrogen (secondary N) is 1. The van der Waals surface area contributed by atoms with E-state index in [-0.39, 0.29) is 23.8 Å². The summed E-state index contributed by atoms with van der Waals surface area (Å²) in [6, 6.07) is 8.09. The van der Waals surface area contributed by atoms with Gasteiger partial charge in [-0.05, 0) is 44.2 Å². The smallest absolute Gasteiger partial charge is 0.323 e. The summed E-state index contributed by atoms with van der Waals surface area (Å²) >= 11 is 0. The van der Waals surface area contributed by atoms with Crippen LogP contribution in [0.25, 0.3) is 0 Å². The van der Waals surface area contributed by atoms with Crippen molar-refractivity contribution in [2.75, 3.05) is 13.7 Å². The molecule has 2 fully saturated rings. The lowest BCUT2D eigenvalue weighted by Crippen LogP contribution is -2.59. The van der Waals surface area contributed by atoms with E-state index < -0.39 is 5.54 Å². The maximum atomic E-state index is 13.2. The van der Waals surface area contributed by atoms with Crippen LogP contribution in [-0.2, 0) is 11.3 Å². The standard InChI is InChI=1S/C20H29N3O2/c1-14-8-10-17(11-9-14)12-22(4)13-23-18(24)20(21-19(23)25)15(2)6-5-7-16(20)3/h8-11,15-16H,5-7,12-13H2,1-4H3,(H,21,25). The Morgan fingerprint density at radius 3 is 2.36 bits per heavy atom. The number of rotatable bonds is 4. The Bertz CT molecular complexity index is 645. The number of carbonyl (C=O) groups is 2. The first-order valence-corrected chi connectivity index (χ1v) is 9.22. The van der Waals surface area contributed by atoms with Gasteiger partial charge in [0.15, 0.2) is 0 Å². The third-order valence-corrected chi connectivity index (χ3v) is 5.94. The van der Waals surface area contributed by atoms with Crippen LogP contribution >= 0.6 is 0 Å². The highest BCUT2D eigenvalue weighted by molar-refractivity contribution is 6.07. The SMILES string of the molecule is Cc1ccc(CN(C)CN2C(=O)NC3(C2=O)C(C)CCCC3C)cc1. The molecule has 25 heavy (non-hydrogen) atoms. The molecule has 1 heterocycles. The van der Waals surface area contributed by atoms with Crippen LogP contribution in [0.4, 0.5) is 4.79 Å². The summed E-state index contributed by atoms with van der Waals surface area (Å²) in [6.45, 7) is 7.27. The zero-order chi connectivity index (χ0) is 18.2. The van der Waals surface area contributed by atoms with Crippen LogP contribution in [0.3, 0.4) is 0 Å². The van der Waals surface area contributed by atoms with Crippen LogP contribution in [-0.4, -0.2) is 41.0 Å². The lowest BCUT2D eigenvalue weighted by Gasteiger charge is -2.42. The largest absolute Gasteiger partial charge is 0.326 e. The molecule has 1 aromatic carbocycles. The number of nitrogens with zero attached hydrogens (tertiary/aromatic N) is 2. The van der Waals surface area contributed by atoms with E-state index >= 15 is 0 Å². The highest BCUT2D eigenvalue weighted by atomic mass is 16.2. The van der Waals surface area contributed by atoms with Gasteiger partial charge < -0.3 is 5.32 Å². The van der Waals surface area contributed by atoms with Crippen molar-refractivity contribution in [3.8, 4) is 0 Å². The van der Waals surface area contributed by atoms with Crippen molar-refractivity contribution in [3.63, 3.8) is 0 Å². The molecule has 1 saturated carbocycles. The lowest BCUT2D eigenvalue weighted by molar-refractivity contribution is -0.137. The third-order valence-electron chi connectivity index (χ3n) is 5.94. The van der Waals surface area contributed by atoms with Gasteiger partial charge in [0, 0.05) is 6.54 Å². The molecule has 1 N–H and O–H groups in total. The summed E-state index contributed by atoms with van der Waals surface area (Å²) < 4.78 is 0. The zero-order valence-corrected chi connectivity index (χ0v) is 15.7. The minimum Gasteiger partial charge on any atom is -0.323 e. The molecule has 136 valence electrons. The van der Waals surface area contributed by atoms with Crippen LogP contribution in [0, 0.1) is 18.8 Å². The van der Waals surface area contributed by atoms with Gasteiger partial charge in [-0.25, -0.2) is 9.69 Å². The Kier molecular flexibility index (Phi) is 4.87. The van der Waals surface area contributed by atoms with Crippen molar-refractivity contribution in [1.29, 1.82) is 0 Å². The van der Waals surface area contributed by atoms with Crippen molar-refractivity contribution < 1.29 is 9.59 Å². The summed E-state index contributed by atoms with van der Waals surface area (Å²) in [6.07, 6.45) is 3.10. The molecule has 5 nitrogen and oxygen atoms in total. The molecule has 0 radical (unpaired) electrons. The molecule has 0 aromatic heterocycles. The second kappa shape index (κ2) is 6.79.